The number of hydrogen-bond acceptors (Lipinski definition) is 5. The zero-order chi connectivity index (χ0) is 22.9. The third-order valence-corrected chi connectivity index (χ3v) is 7.23. The number of carbonyl (C=O) groups is 1. The first-order valence-corrected chi connectivity index (χ1v) is 12.0. The maximum Gasteiger partial charge on any atom is 0.263 e. The second-order valence-corrected chi connectivity index (χ2v) is 9.20. The summed E-state index contributed by atoms with van der Waals surface area (Å²) in [6.45, 7) is 1.70. The summed E-state index contributed by atoms with van der Waals surface area (Å²) in [5.41, 5.74) is 5.03. The lowest BCUT2D eigenvalue weighted by molar-refractivity contribution is -0.118. The van der Waals surface area contributed by atoms with Crippen molar-refractivity contribution in [3.8, 4) is 16.9 Å². The van der Waals surface area contributed by atoms with Gasteiger partial charge in [0.1, 0.15) is 16.6 Å². The zero-order valence-corrected chi connectivity index (χ0v) is 19.4. The number of aromatic nitrogens is 2. The van der Waals surface area contributed by atoms with Gasteiger partial charge < -0.3 is 10.1 Å². The van der Waals surface area contributed by atoms with E-state index in [0.717, 1.165) is 24.0 Å². The third kappa shape index (κ3) is 3.93. The van der Waals surface area contributed by atoms with Crippen LogP contribution in [-0.4, -0.2) is 22.6 Å². The van der Waals surface area contributed by atoms with Gasteiger partial charge in [-0.3, -0.25) is 14.2 Å². The molecule has 0 spiro atoms. The largest absolute Gasteiger partial charge is 0.495 e. The highest BCUT2D eigenvalue weighted by Crippen LogP contribution is 2.34. The fourth-order valence-electron chi connectivity index (χ4n) is 4.45. The number of hydrogen-bond donors (Lipinski definition) is 1. The van der Waals surface area contributed by atoms with Crippen LogP contribution >= 0.6 is 11.3 Å². The number of nitrogens with zero attached hydrogens (tertiary/aromatic N) is 2. The number of para-hydroxylation sites is 2. The molecule has 7 heteroatoms. The van der Waals surface area contributed by atoms with Crippen molar-refractivity contribution in [3.05, 3.63) is 75.7 Å². The molecule has 33 heavy (non-hydrogen) atoms. The fraction of sp³-hybridized carbons (Fsp3) is 0.269. The van der Waals surface area contributed by atoms with Crippen LogP contribution in [0.5, 0.6) is 5.75 Å². The minimum Gasteiger partial charge on any atom is -0.495 e. The van der Waals surface area contributed by atoms with E-state index in [4.69, 9.17) is 4.74 Å². The number of nitrogens with one attached hydrogen (secondary N) is 1. The standard InChI is InChI=1S/C26H25N3O3S/c1-16(24(30)28-21-9-5-6-10-22(21)32-2)29-15-27-25-23(26(29)31)20(14-33-25)19-12-11-17-7-3-4-8-18(17)13-19/h5-6,9-16H,3-4,7-8H2,1-2H3,(H,28,30)/t16-/m1/s1. The Labute approximate surface area is 195 Å². The van der Waals surface area contributed by atoms with Gasteiger partial charge in [0.15, 0.2) is 0 Å². The lowest BCUT2D eigenvalue weighted by Gasteiger charge is -2.17. The van der Waals surface area contributed by atoms with Crippen molar-refractivity contribution < 1.29 is 9.53 Å². The number of thiophene rings is 1. The Morgan fingerprint density at radius 3 is 2.76 bits per heavy atom. The molecule has 168 valence electrons. The number of rotatable bonds is 5. The first kappa shape index (κ1) is 21.4. The summed E-state index contributed by atoms with van der Waals surface area (Å²) in [7, 11) is 1.55. The molecule has 2 aromatic heterocycles. The Hall–Kier alpha value is -3.45. The van der Waals surface area contributed by atoms with Gasteiger partial charge in [-0.1, -0.05) is 30.3 Å². The smallest absolute Gasteiger partial charge is 0.263 e. The quantitative estimate of drug-likeness (QED) is 0.445. The molecule has 2 heterocycles. The predicted molar refractivity (Wildman–Crippen MR) is 132 cm³/mol. The maximum absolute atomic E-state index is 13.5. The predicted octanol–water partition coefficient (Wildman–Crippen LogP) is 5.21. The van der Waals surface area contributed by atoms with Gasteiger partial charge in [0.25, 0.3) is 5.56 Å². The van der Waals surface area contributed by atoms with Crippen molar-refractivity contribution in [3.63, 3.8) is 0 Å². The van der Waals surface area contributed by atoms with E-state index in [1.54, 1.807) is 26.2 Å². The van der Waals surface area contributed by atoms with E-state index < -0.39 is 6.04 Å². The molecule has 6 nitrogen and oxygen atoms in total. The Morgan fingerprint density at radius 2 is 1.94 bits per heavy atom. The summed E-state index contributed by atoms with van der Waals surface area (Å²) >= 11 is 1.46. The van der Waals surface area contributed by atoms with Crippen LogP contribution in [0.1, 0.15) is 36.9 Å². The molecule has 0 saturated heterocycles. The van der Waals surface area contributed by atoms with Gasteiger partial charge >= 0.3 is 0 Å². The Bertz CT molecular complexity index is 1410. The molecule has 1 atom stereocenters. The first-order chi connectivity index (χ1) is 16.1. The normalized spacial score (nSPS) is 14.0. The zero-order valence-electron chi connectivity index (χ0n) is 18.6. The Morgan fingerprint density at radius 1 is 1.15 bits per heavy atom. The number of fused-ring (bicyclic) bond motifs is 2. The minimum atomic E-state index is -0.740. The highest BCUT2D eigenvalue weighted by Gasteiger charge is 2.22. The molecule has 1 aliphatic rings. The van der Waals surface area contributed by atoms with E-state index >= 15 is 0 Å². The fourth-order valence-corrected chi connectivity index (χ4v) is 5.35. The highest BCUT2D eigenvalue weighted by atomic mass is 32.1. The molecule has 4 aromatic rings. The molecule has 0 radical (unpaired) electrons. The number of benzene rings is 2. The summed E-state index contributed by atoms with van der Waals surface area (Å²) in [5.74, 6) is 0.250. The molecule has 1 amide bonds. The minimum absolute atomic E-state index is 0.211. The van der Waals surface area contributed by atoms with Crippen LogP contribution in [0, 0.1) is 0 Å². The van der Waals surface area contributed by atoms with Gasteiger partial charge in [0.2, 0.25) is 5.91 Å². The van der Waals surface area contributed by atoms with Crippen LogP contribution in [0.2, 0.25) is 0 Å². The van der Waals surface area contributed by atoms with Gasteiger partial charge in [-0.2, -0.15) is 0 Å². The number of ether oxygens (including phenoxy) is 1. The van der Waals surface area contributed by atoms with E-state index in [2.05, 4.69) is 28.5 Å². The van der Waals surface area contributed by atoms with Gasteiger partial charge in [-0.15, -0.1) is 11.3 Å². The van der Waals surface area contributed by atoms with Crippen LogP contribution in [0.4, 0.5) is 5.69 Å². The van der Waals surface area contributed by atoms with Gasteiger partial charge in [-0.05, 0) is 61.4 Å². The molecule has 1 N–H and O–H groups in total. The summed E-state index contributed by atoms with van der Waals surface area (Å²) in [5, 5.41) is 5.42. The van der Waals surface area contributed by atoms with Gasteiger partial charge in [-0.25, -0.2) is 4.98 Å². The lowest BCUT2D eigenvalue weighted by atomic mass is 9.89. The van der Waals surface area contributed by atoms with Gasteiger partial charge in [0.05, 0.1) is 24.5 Å². The van der Waals surface area contributed by atoms with Crippen molar-refractivity contribution in [2.24, 2.45) is 0 Å². The summed E-state index contributed by atoms with van der Waals surface area (Å²) in [4.78, 5) is 31.7. The van der Waals surface area contributed by atoms with Crippen molar-refractivity contribution in [1.82, 2.24) is 9.55 Å². The van der Waals surface area contributed by atoms with E-state index in [1.807, 2.05) is 17.5 Å². The molecule has 0 fully saturated rings. The lowest BCUT2D eigenvalue weighted by Crippen LogP contribution is -2.31. The molecule has 0 unspecified atom stereocenters. The highest BCUT2D eigenvalue weighted by molar-refractivity contribution is 7.17. The summed E-state index contributed by atoms with van der Waals surface area (Å²) < 4.78 is 6.72. The number of methoxy groups -OCH3 is 1. The van der Waals surface area contributed by atoms with Crippen molar-refractivity contribution in [2.75, 3.05) is 12.4 Å². The molecular formula is C26H25N3O3S. The van der Waals surface area contributed by atoms with Gasteiger partial charge in [0, 0.05) is 10.9 Å². The van der Waals surface area contributed by atoms with E-state index in [-0.39, 0.29) is 11.5 Å². The molecule has 5 rings (SSSR count). The van der Waals surface area contributed by atoms with Crippen LogP contribution in [-0.2, 0) is 17.6 Å². The second-order valence-electron chi connectivity index (χ2n) is 8.34. The van der Waals surface area contributed by atoms with E-state index in [1.165, 1.54) is 46.2 Å². The number of aryl methyl sites for hydroxylation is 2. The average Bonchev–Trinajstić information content (AvgIpc) is 3.29. The van der Waals surface area contributed by atoms with Crippen LogP contribution in [0.15, 0.2) is 59.0 Å². The first-order valence-electron chi connectivity index (χ1n) is 11.1. The van der Waals surface area contributed by atoms with Crippen molar-refractivity contribution in [1.29, 1.82) is 0 Å². The van der Waals surface area contributed by atoms with Crippen LogP contribution in [0.25, 0.3) is 21.3 Å². The molecule has 0 aliphatic heterocycles. The molecule has 1 aliphatic carbocycles. The number of amides is 1. The second kappa shape index (κ2) is 8.83. The Balaban J connectivity index is 1.51. The molecule has 2 aromatic carbocycles. The monoisotopic (exact) mass is 459 g/mol. The molecule has 0 bridgehead atoms. The topological polar surface area (TPSA) is 73.2 Å². The SMILES string of the molecule is COc1ccccc1NC(=O)[C@@H](C)n1cnc2scc(-c3ccc4c(c3)CCCC4)c2c1=O. The van der Waals surface area contributed by atoms with Crippen LogP contribution in [0.3, 0.4) is 0 Å². The van der Waals surface area contributed by atoms with Crippen molar-refractivity contribution >= 4 is 33.1 Å². The average molecular weight is 460 g/mol. The van der Waals surface area contributed by atoms with Crippen LogP contribution < -0.4 is 15.6 Å². The van der Waals surface area contributed by atoms with Crippen molar-refractivity contribution in [2.45, 2.75) is 38.6 Å². The van der Waals surface area contributed by atoms with E-state index in [9.17, 15) is 9.59 Å². The maximum atomic E-state index is 13.5. The summed E-state index contributed by atoms with van der Waals surface area (Å²) in [6, 6.07) is 12.9. The summed E-state index contributed by atoms with van der Waals surface area (Å²) in [6.07, 6.45) is 6.09. The molecule has 0 saturated carbocycles. The number of carbonyl (C=O) groups excluding carboxylic acids is 1. The Kier molecular flexibility index (Phi) is 5.72. The number of anilines is 1. The third-order valence-electron chi connectivity index (χ3n) is 6.34. The van der Waals surface area contributed by atoms with E-state index in [0.29, 0.717) is 21.7 Å². The molecular weight excluding hydrogens is 434 g/mol.